The molecule has 4 aromatic rings. The minimum absolute atomic E-state index is 0.216. The largest absolute Gasteiger partial charge is 0.486 e. The maximum absolute atomic E-state index is 9.74. The number of hydrogen-bond donors (Lipinski definition) is 2. The summed E-state index contributed by atoms with van der Waals surface area (Å²) in [5.74, 6) is 1.85. The van der Waals surface area contributed by atoms with Gasteiger partial charge < -0.3 is 19.9 Å². The minimum atomic E-state index is -0.535. The third kappa shape index (κ3) is 5.50. The van der Waals surface area contributed by atoms with Crippen molar-refractivity contribution in [2.75, 3.05) is 11.9 Å². The first-order valence-corrected chi connectivity index (χ1v) is 11.6. The summed E-state index contributed by atoms with van der Waals surface area (Å²) >= 11 is 6.47. The van der Waals surface area contributed by atoms with Crippen LogP contribution < -0.4 is 10.1 Å². The summed E-state index contributed by atoms with van der Waals surface area (Å²) in [6, 6.07) is 16.9. The van der Waals surface area contributed by atoms with Gasteiger partial charge in [-0.05, 0) is 55.0 Å². The predicted molar refractivity (Wildman–Crippen MR) is 135 cm³/mol. The van der Waals surface area contributed by atoms with Crippen LogP contribution in [0.3, 0.4) is 0 Å². The number of anilines is 2. The lowest BCUT2D eigenvalue weighted by atomic mass is 10.1. The molecule has 9 heteroatoms. The van der Waals surface area contributed by atoms with E-state index in [2.05, 4.69) is 25.3 Å². The number of aliphatic hydroxyl groups excluding tert-OH is 1. The first-order chi connectivity index (χ1) is 17.0. The zero-order valence-electron chi connectivity index (χ0n) is 19.1. The van der Waals surface area contributed by atoms with Gasteiger partial charge in [-0.25, -0.2) is 15.0 Å². The van der Waals surface area contributed by atoms with Crippen molar-refractivity contribution in [1.29, 1.82) is 0 Å². The van der Waals surface area contributed by atoms with Crippen molar-refractivity contribution in [3.8, 4) is 5.75 Å². The van der Waals surface area contributed by atoms with Gasteiger partial charge in [-0.1, -0.05) is 23.7 Å². The molecule has 2 aromatic heterocycles. The van der Waals surface area contributed by atoms with E-state index in [1.807, 2.05) is 48.5 Å². The number of rotatable bonds is 8. The lowest BCUT2D eigenvalue weighted by Gasteiger charge is -2.12. The van der Waals surface area contributed by atoms with Crippen LogP contribution in [0.1, 0.15) is 18.2 Å². The van der Waals surface area contributed by atoms with Crippen LogP contribution in [-0.2, 0) is 17.8 Å². The third-order valence-electron chi connectivity index (χ3n) is 5.64. The van der Waals surface area contributed by atoms with Crippen LogP contribution >= 0.6 is 11.6 Å². The van der Waals surface area contributed by atoms with Gasteiger partial charge in [0.1, 0.15) is 37.2 Å². The van der Waals surface area contributed by atoms with Gasteiger partial charge in [0.05, 0.1) is 22.3 Å². The Morgan fingerprint density at radius 1 is 1.14 bits per heavy atom. The van der Waals surface area contributed by atoms with E-state index in [1.54, 1.807) is 19.2 Å². The van der Waals surface area contributed by atoms with Crippen LogP contribution in [0.15, 0.2) is 72.1 Å². The summed E-state index contributed by atoms with van der Waals surface area (Å²) < 4.78 is 11.5. The van der Waals surface area contributed by atoms with E-state index in [4.69, 9.17) is 21.1 Å². The molecule has 0 spiro atoms. The molecular weight excluding hydrogens is 466 g/mol. The number of nitrogens with one attached hydrogen (secondary N) is 1. The molecule has 1 aliphatic heterocycles. The Bertz CT molecular complexity index is 1360. The standard InChI is InChI=1S/C26H24ClN5O3/c1-16(33)23-14-35-25(32-23)11-17-5-7-22-20(10-17)26(30-15-29-22)31-18-6-8-24(21(27)12-18)34-13-19-4-2-3-9-28-19/h2-10,12,15-16,23,33H,11,13-14H2,1H3,(H,29,30,31)/t16-,23?/m1/s1. The van der Waals surface area contributed by atoms with Gasteiger partial charge >= 0.3 is 0 Å². The number of aliphatic hydroxyl groups is 1. The zero-order valence-corrected chi connectivity index (χ0v) is 19.8. The molecule has 0 aliphatic carbocycles. The van der Waals surface area contributed by atoms with Crippen molar-refractivity contribution in [3.63, 3.8) is 0 Å². The lowest BCUT2D eigenvalue weighted by molar-refractivity contribution is 0.145. The highest BCUT2D eigenvalue weighted by Gasteiger charge is 2.23. The molecule has 35 heavy (non-hydrogen) atoms. The van der Waals surface area contributed by atoms with Crippen molar-refractivity contribution in [1.82, 2.24) is 15.0 Å². The molecule has 0 amide bonds. The van der Waals surface area contributed by atoms with Crippen LogP contribution in [0, 0.1) is 0 Å². The molecule has 1 aliphatic rings. The number of pyridine rings is 1. The van der Waals surface area contributed by atoms with Gasteiger partial charge in [-0.3, -0.25) is 4.98 Å². The number of aliphatic imine (C=N–C) groups is 1. The van der Waals surface area contributed by atoms with Crippen LogP contribution in [0.2, 0.25) is 5.02 Å². The Morgan fingerprint density at radius 3 is 2.83 bits per heavy atom. The molecule has 0 bridgehead atoms. The molecule has 178 valence electrons. The first kappa shape index (κ1) is 23.0. The molecule has 2 atom stereocenters. The number of ether oxygens (including phenoxy) is 2. The van der Waals surface area contributed by atoms with Gasteiger partial charge in [0, 0.05) is 23.7 Å². The van der Waals surface area contributed by atoms with E-state index in [0.29, 0.717) is 42.1 Å². The first-order valence-electron chi connectivity index (χ1n) is 11.3. The molecule has 1 unspecified atom stereocenters. The normalized spacial score (nSPS) is 16.0. The number of hydrogen-bond acceptors (Lipinski definition) is 8. The second kappa shape index (κ2) is 10.2. The zero-order chi connectivity index (χ0) is 24.2. The second-order valence-corrected chi connectivity index (χ2v) is 8.68. The van der Waals surface area contributed by atoms with Crippen molar-refractivity contribution >= 4 is 39.9 Å². The van der Waals surface area contributed by atoms with E-state index >= 15 is 0 Å². The molecule has 2 N–H and O–H groups in total. The molecule has 5 rings (SSSR count). The summed E-state index contributed by atoms with van der Waals surface area (Å²) in [6.07, 6.45) is 3.24. The SMILES string of the molecule is C[C@@H](O)C1COC(Cc2ccc3ncnc(Nc4ccc(OCc5ccccn5)c(Cl)c4)c3c2)=N1. The Morgan fingerprint density at radius 2 is 2.06 bits per heavy atom. The predicted octanol–water partition coefficient (Wildman–Crippen LogP) is 4.72. The number of halogens is 1. The van der Waals surface area contributed by atoms with E-state index in [1.165, 1.54) is 6.33 Å². The molecule has 0 saturated heterocycles. The van der Waals surface area contributed by atoms with Crippen molar-refractivity contribution in [2.45, 2.75) is 32.1 Å². The van der Waals surface area contributed by atoms with Gasteiger partial charge in [0.15, 0.2) is 5.90 Å². The van der Waals surface area contributed by atoms with E-state index in [0.717, 1.165) is 27.8 Å². The monoisotopic (exact) mass is 489 g/mol. The summed E-state index contributed by atoms with van der Waals surface area (Å²) in [7, 11) is 0. The summed E-state index contributed by atoms with van der Waals surface area (Å²) in [5, 5.41) is 14.4. The summed E-state index contributed by atoms with van der Waals surface area (Å²) in [5.41, 5.74) is 3.42. The third-order valence-corrected chi connectivity index (χ3v) is 5.93. The molecule has 8 nitrogen and oxygen atoms in total. The Balaban J connectivity index is 1.33. The fourth-order valence-corrected chi connectivity index (χ4v) is 3.98. The fraction of sp³-hybridized carbons (Fsp3) is 0.231. The van der Waals surface area contributed by atoms with Crippen molar-refractivity contribution in [2.24, 2.45) is 4.99 Å². The number of benzene rings is 2. The lowest BCUT2D eigenvalue weighted by Crippen LogP contribution is -2.21. The Hall–Kier alpha value is -3.75. The Kier molecular flexibility index (Phi) is 6.74. The Labute approximate surface area is 207 Å². The minimum Gasteiger partial charge on any atom is -0.486 e. The van der Waals surface area contributed by atoms with Gasteiger partial charge in [0.25, 0.3) is 0 Å². The molecule has 0 saturated carbocycles. The highest BCUT2D eigenvalue weighted by Crippen LogP contribution is 2.31. The van der Waals surface area contributed by atoms with Crippen LogP contribution in [0.5, 0.6) is 5.75 Å². The smallest absolute Gasteiger partial charge is 0.188 e. The van der Waals surface area contributed by atoms with Crippen LogP contribution in [0.4, 0.5) is 11.5 Å². The molecule has 2 aromatic carbocycles. The average Bonchev–Trinajstić information content (AvgIpc) is 3.33. The fourth-order valence-electron chi connectivity index (χ4n) is 3.74. The van der Waals surface area contributed by atoms with Crippen molar-refractivity contribution < 1.29 is 14.6 Å². The molecule has 0 fully saturated rings. The summed E-state index contributed by atoms with van der Waals surface area (Å²) in [6.45, 7) is 2.45. The topological polar surface area (TPSA) is 102 Å². The van der Waals surface area contributed by atoms with E-state index < -0.39 is 6.10 Å². The summed E-state index contributed by atoms with van der Waals surface area (Å²) in [4.78, 5) is 17.5. The molecular formula is C26H24ClN5O3. The number of aromatic nitrogens is 3. The second-order valence-electron chi connectivity index (χ2n) is 8.27. The molecule has 3 heterocycles. The van der Waals surface area contributed by atoms with E-state index in [-0.39, 0.29) is 6.04 Å². The highest BCUT2D eigenvalue weighted by molar-refractivity contribution is 6.32. The highest BCUT2D eigenvalue weighted by atomic mass is 35.5. The van der Waals surface area contributed by atoms with Gasteiger partial charge in [-0.15, -0.1) is 0 Å². The average molecular weight is 490 g/mol. The van der Waals surface area contributed by atoms with E-state index in [9.17, 15) is 5.11 Å². The maximum Gasteiger partial charge on any atom is 0.188 e. The van der Waals surface area contributed by atoms with Gasteiger partial charge in [-0.2, -0.15) is 0 Å². The number of nitrogens with zero attached hydrogens (tertiary/aromatic N) is 4. The number of fused-ring (bicyclic) bond motifs is 1. The molecule has 0 radical (unpaired) electrons. The maximum atomic E-state index is 9.74. The van der Waals surface area contributed by atoms with Crippen LogP contribution in [-0.4, -0.2) is 44.7 Å². The van der Waals surface area contributed by atoms with Crippen molar-refractivity contribution in [3.05, 3.63) is 83.4 Å². The van der Waals surface area contributed by atoms with Gasteiger partial charge in [0.2, 0.25) is 0 Å². The quantitative estimate of drug-likeness (QED) is 0.369. The van der Waals surface area contributed by atoms with Crippen LogP contribution in [0.25, 0.3) is 10.9 Å².